The van der Waals surface area contributed by atoms with Crippen LogP contribution in [0.2, 0.25) is 0 Å². The molecule has 0 atom stereocenters. The van der Waals surface area contributed by atoms with Gasteiger partial charge in [-0.1, -0.05) is 18.2 Å². The van der Waals surface area contributed by atoms with Gasteiger partial charge in [-0.15, -0.1) is 0 Å². The normalized spacial score (nSPS) is 11.0. The van der Waals surface area contributed by atoms with Gasteiger partial charge in [0.05, 0.1) is 17.1 Å². The van der Waals surface area contributed by atoms with E-state index in [1.807, 2.05) is 0 Å². The van der Waals surface area contributed by atoms with Crippen LogP contribution in [0.15, 0.2) is 47.4 Å². The fourth-order valence-corrected chi connectivity index (χ4v) is 3.26. The lowest BCUT2D eigenvalue weighted by molar-refractivity contribution is -0.127. The molecule has 2 aromatic carbocycles. The molecule has 2 amide bonds. The Labute approximate surface area is 157 Å². The highest BCUT2D eigenvalue weighted by atomic mass is 32.2. The van der Waals surface area contributed by atoms with E-state index in [-0.39, 0.29) is 28.6 Å². The number of amides is 2. The third-order valence-corrected chi connectivity index (χ3v) is 5.14. The van der Waals surface area contributed by atoms with Gasteiger partial charge in [0.15, 0.2) is 0 Å². The number of carbonyl (C=O) groups excluding carboxylic acids is 2. The second-order valence-corrected chi connectivity index (χ2v) is 7.72. The second kappa shape index (κ2) is 8.17. The lowest BCUT2D eigenvalue weighted by Crippen LogP contribution is -2.36. The van der Waals surface area contributed by atoms with Crippen molar-refractivity contribution in [2.75, 3.05) is 25.4 Å². The first-order chi connectivity index (χ1) is 12.6. The van der Waals surface area contributed by atoms with Gasteiger partial charge in [0.1, 0.15) is 5.82 Å². The van der Waals surface area contributed by atoms with Gasteiger partial charge in [-0.25, -0.2) is 12.8 Å². The summed E-state index contributed by atoms with van der Waals surface area (Å²) in [4.78, 5) is 25.1. The van der Waals surface area contributed by atoms with Crippen LogP contribution in [-0.2, 0) is 14.8 Å². The van der Waals surface area contributed by atoms with E-state index in [9.17, 15) is 22.4 Å². The first-order valence-electron chi connectivity index (χ1n) is 7.98. The number of benzene rings is 2. The summed E-state index contributed by atoms with van der Waals surface area (Å²) in [7, 11) is -0.985. The summed E-state index contributed by atoms with van der Waals surface area (Å²) in [6.45, 7) is 1.43. The van der Waals surface area contributed by atoms with Crippen LogP contribution >= 0.6 is 0 Å². The summed E-state index contributed by atoms with van der Waals surface area (Å²) in [5.41, 5.74) is 0.452. The monoisotopic (exact) mass is 393 g/mol. The summed E-state index contributed by atoms with van der Waals surface area (Å²) in [5, 5.41) is 2.45. The van der Waals surface area contributed by atoms with E-state index in [1.165, 1.54) is 41.3 Å². The lowest BCUT2D eigenvalue weighted by atomic mass is 10.1. The molecule has 0 aliphatic carbocycles. The number of carbonyl (C=O) groups is 2. The minimum absolute atomic E-state index is 0.109. The molecule has 2 rings (SSSR count). The van der Waals surface area contributed by atoms with Crippen LogP contribution in [0.1, 0.15) is 15.9 Å². The number of hydrogen-bond donors (Lipinski definition) is 2. The van der Waals surface area contributed by atoms with Gasteiger partial charge in [0.2, 0.25) is 5.91 Å². The van der Waals surface area contributed by atoms with E-state index in [0.717, 1.165) is 6.07 Å². The van der Waals surface area contributed by atoms with Crippen molar-refractivity contribution in [3.05, 3.63) is 59.4 Å². The topological polar surface area (TPSA) is 95.6 Å². The standard InChI is InChI=1S/C18H20FN3O4S/c1-12-8-9-13(10-14(12)18(24)20-11-17(23)22(2)3)27(25,26)21-16-7-5-4-6-15(16)19/h4-10,21H,11H2,1-3H3,(H,20,24). The fraction of sp³-hybridized carbons (Fsp3) is 0.222. The number of likely N-dealkylation sites (N-methyl/N-ethyl adjacent to an activating group) is 1. The Morgan fingerprint density at radius 1 is 1.11 bits per heavy atom. The number of aryl methyl sites for hydroxylation is 1. The van der Waals surface area contributed by atoms with Crippen LogP contribution in [0.5, 0.6) is 0 Å². The van der Waals surface area contributed by atoms with Crippen molar-refractivity contribution in [3.8, 4) is 0 Å². The molecule has 0 aliphatic heterocycles. The Kier molecular flexibility index (Phi) is 6.17. The van der Waals surface area contributed by atoms with Gasteiger partial charge in [-0.05, 0) is 36.8 Å². The molecule has 27 heavy (non-hydrogen) atoms. The summed E-state index contributed by atoms with van der Waals surface area (Å²) in [5.74, 6) is -1.59. The Bertz CT molecular complexity index is 974. The molecule has 0 unspecified atom stereocenters. The number of anilines is 1. The number of rotatable bonds is 6. The largest absolute Gasteiger partial charge is 0.347 e. The van der Waals surface area contributed by atoms with Crippen LogP contribution in [0, 0.1) is 12.7 Å². The van der Waals surface area contributed by atoms with Crippen molar-refractivity contribution in [3.63, 3.8) is 0 Å². The second-order valence-electron chi connectivity index (χ2n) is 6.03. The molecule has 0 aliphatic rings. The minimum atomic E-state index is -4.10. The van der Waals surface area contributed by atoms with Crippen LogP contribution in [0.3, 0.4) is 0 Å². The Morgan fingerprint density at radius 3 is 2.41 bits per heavy atom. The molecule has 144 valence electrons. The molecular formula is C18H20FN3O4S. The third-order valence-electron chi connectivity index (χ3n) is 3.78. The quantitative estimate of drug-likeness (QED) is 0.782. The maximum Gasteiger partial charge on any atom is 0.262 e. The average Bonchev–Trinajstić information content (AvgIpc) is 2.61. The molecule has 0 fully saturated rings. The number of hydrogen-bond acceptors (Lipinski definition) is 4. The molecule has 2 aromatic rings. The summed E-state index contributed by atoms with van der Waals surface area (Å²) in [6, 6.07) is 9.34. The van der Waals surface area contributed by atoms with E-state index in [0.29, 0.717) is 5.56 Å². The Hall–Kier alpha value is -2.94. The molecule has 7 nitrogen and oxygen atoms in total. The van der Waals surface area contributed by atoms with Gasteiger partial charge in [-0.2, -0.15) is 0 Å². The summed E-state index contributed by atoms with van der Waals surface area (Å²) >= 11 is 0. The third kappa shape index (κ3) is 5.04. The van der Waals surface area contributed by atoms with Crippen molar-refractivity contribution >= 4 is 27.5 Å². The lowest BCUT2D eigenvalue weighted by Gasteiger charge is -2.13. The zero-order valence-corrected chi connectivity index (χ0v) is 15.9. The zero-order chi connectivity index (χ0) is 20.2. The van der Waals surface area contributed by atoms with E-state index < -0.39 is 21.7 Å². The Morgan fingerprint density at radius 2 is 1.78 bits per heavy atom. The Balaban J connectivity index is 2.26. The van der Waals surface area contributed by atoms with Crippen LogP contribution in [0.4, 0.5) is 10.1 Å². The molecular weight excluding hydrogens is 373 g/mol. The summed E-state index contributed by atoms with van der Waals surface area (Å²) < 4.78 is 40.9. The molecule has 0 bridgehead atoms. The maximum atomic E-state index is 13.7. The first kappa shape index (κ1) is 20.4. The van der Waals surface area contributed by atoms with Gasteiger partial charge in [-0.3, -0.25) is 14.3 Å². The van der Waals surface area contributed by atoms with Crippen molar-refractivity contribution in [2.45, 2.75) is 11.8 Å². The minimum Gasteiger partial charge on any atom is -0.347 e. The molecule has 0 heterocycles. The molecule has 9 heteroatoms. The molecule has 0 saturated heterocycles. The molecule has 0 aromatic heterocycles. The van der Waals surface area contributed by atoms with E-state index in [1.54, 1.807) is 21.0 Å². The highest BCUT2D eigenvalue weighted by Crippen LogP contribution is 2.21. The van der Waals surface area contributed by atoms with Crippen LogP contribution < -0.4 is 10.0 Å². The number of nitrogens with zero attached hydrogens (tertiary/aromatic N) is 1. The highest BCUT2D eigenvalue weighted by Gasteiger charge is 2.20. The number of halogens is 1. The zero-order valence-electron chi connectivity index (χ0n) is 15.1. The fourth-order valence-electron chi connectivity index (χ4n) is 2.17. The van der Waals surface area contributed by atoms with E-state index in [2.05, 4.69) is 10.0 Å². The average molecular weight is 393 g/mol. The van der Waals surface area contributed by atoms with Gasteiger partial charge in [0, 0.05) is 19.7 Å². The maximum absolute atomic E-state index is 13.7. The van der Waals surface area contributed by atoms with Gasteiger partial charge >= 0.3 is 0 Å². The van der Waals surface area contributed by atoms with Gasteiger partial charge < -0.3 is 10.2 Å². The number of nitrogens with one attached hydrogen (secondary N) is 2. The van der Waals surface area contributed by atoms with Crippen molar-refractivity contribution in [1.82, 2.24) is 10.2 Å². The first-order valence-corrected chi connectivity index (χ1v) is 9.46. The van der Waals surface area contributed by atoms with E-state index >= 15 is 0 Å². The smallest absolute Gasteiger partial charge is 0.262 e. The number of sulfonamides is 1. The van der Waals surface area contributed by atoms with Gasteiger partial charge in [0.25, 0.3) is 15.9 Å². The van der Waals surface area contributed by atoms with Crippen LogP contribution in [0.25, 0.3) is 0 Å². The van der Waals surface area contributed by atoms with Crippen molar-refractivity contribution in [1.29, 1.82) is 0 Å². The van der Waals surface area contributed by atoms with E-state index in [4.69, 9.17) is 0 Å². The highest BCUT2D eigenvalue weighted by molar-refractivity contribution is 7.92. The molecule has 0 spiro atoms. The molecule has 0 radical (unpaired) electrons. The summed E-state index contributed by atoms with van der Waals surface area (Å²) in [6.07, 6.45) is 0. The van der Waals surface area contributed by atoms with Crippen molar-refractivity contribution < 1.29 is 22.4 Å². The molecule has 0 saturated carbocycles. The predicted octanol–water partition coefficient (Wildman–Crippen LogP) is 1.75. The number of para-hydroxylation sites is 1. The predicted molar refractivity (Wildman–Crippen MR) is 99.4 cm³/mol. The molecule has 2 N–H and O–H groups in total. The van der Waals surface area contributed by atoms with Crippen molar-refractivity contribution in [2.24, 2.45) is 0 Å². The van der Waals surface area contributed by atoms with Crippen LogP contribution in [-0.4, -0.2) is 45.8 Å². The SMILES string of the molecule is Cc1ccc(S(=O)(=O)Nc2ccccc2F)cc1C(=O)NCC(=O)N(C)C.